The maximum atomic E-state index is 13.6. The highest BCUT2D eigenvalue weighted by Gasteiger charge is 2.29. The van der Waals surface area contributed by atoms with Crippen molar-refractivity contribution in [2.45, 2.75) is 45.6 Å². The summed E-state index contributed by atoms with van der Waals surface area (Å²) in [7, 11) is 0. The summed E-state index contributed by atoms with van der Waals surface area (Å²) in [5.74, 6) is -1.39. The molecule has 1 unspecified atom stereocenters. The Hall–Kier alpha value is -4.69. The summed E-state index contributed by atoms with van der Waals surface area (Å²) in [4.78, 5) is 40.9. The van der Waals surface area contributed by atoms with Crippen molar-refractivity contribution in [1.29, 1.82) is 0 Å². The summed E-state index contributed by atoms with van der Waals surface area (Å²) < 4.78 is 10.9. The fraction of sp³-hybridized carbons (Fsp3) is 0.286. The molecular formula is C35H38N2O6. The van der Waals surface area contributed by atoms with E-state index in [-0.39, 0.29) is 38.6 Å². The molecule has 0 saturated heterocycles. The van der Waals surface area contributed by atoms with Crippen LogP contribution in [0.3, 0.4) is 0 Å². The first-order valence-electron chi connectivity index (χ1n) is 14.4. The molecule has 0 aliphatic rings. The molecule has 8 heteroatoms. The van der Waals surface area contributed by atoms with Gasteiger partial charge in [0.25, 0.3) is 0 Å². The average Bonchev–Trinajstić information content (AvgIpc) is 3.02. The van der Waals surface area contributed by atoms with Crippen LogP contribution >= 0.6 is 0 Å². The Labute approximate surface area is 252 Å². The van der Waals surface area contributed by atoms with Gasteiger partial charge in [-0.2, -0.15) is 0 Å². The Morgan fingerprint density at radius 2 is 1.28 bits per heavy atom. The molecule has 2 N–H and O–H groups in total. The van der Waals surface area contributed by atoms with Gasteiger partial charge in [-0.25, -0.2) is 14.4 Å². The molecule has 4 aromatic carbocycles. The van der Waals surface area contributed by atoms with Crippen LogP contribution in [0, 0.1) is 5.92 Å². The van der Waals surface area contributed by atoms with Gasteiger partial charge in [0.1, 0.15) is 19.3 Å². The number of aliphatic hydroxyl groups is 1. The van der Waals surface area contributed by atoms with Crippen LogP contribution in [0.15, 0.2) is 103 Å². The minimum atomic E-state index is -1.56. The maximum absolute atomic E-state index is 13.6. The van der Waals surface area contributed by atoms with E-state index in [2.05, 4.69) is 5.32 Å². The second-order valence-corrected chi connectivity index (χ2v) is 10.8. The number of urea groups is 1. The van der Waals surface area contributed by atoms with Crippen molar-refractivity contribution >= 4 is 28.7 Å². The Morgan fingerprint density at radius 3 is 1.91 bits per heavy atom. The zero-order valence-electron chi connectivity index (χ0n) is 24.5. The van der Waals surface area contributed by atoms with Gasteiger partial charge in [-0.15, -0.1) is 0 Å². The number of fused-ring (bicyclic) bond motifs is 1. The van der Waals surface area contributed by atoms with E-state index in [1.807, 2.05) is 117 Å². The largest absolute Gasteiger partial charge is 0.459 e. The first-order chi connectivity index (χ1) is 20.8. The third-order valence-electron chi connectivity index (χ3n) is 6.87. The molecule has 4 rings (SSSR count). The van der Waals surface area contributed by atoms with Crippen molar-refractivity contribution in [2.24, 2.45) is 5.92 Å². The number of aliphatic hydroxyl groups excluding tert-OH is 1. The van der Waals surface area contributed by atoms with Gasteiger partial charge in [-0.1, -0.05) is 117 Å². The smallest absolute Gasteiger partial charge is 0.337 e. The maximum Gasteiger partial charge on any atom is 0.337 e. The lowest BCUT2D eigenvalue weighted by Crippen LogP contribution is -2.52. The Bertz CT molecular complexity index is 1490. The van der Waals surface area contributed by atoms with Crippen LogP contribution < -0.4 is 5.32 Å². The SMILES string of the molecule is CC(C)CN(CC(O)C(=O)OCc1ccccc1)C(=O)N[C@@H](Cc1cccc2ccccc12)C(=O)OCc1ccccc1. The van der Waals surface area contributed by atoms with Crippen LogP contribution in [0.2, 0.25) is 0 Å². The lowest BCUT2D eigenvalue weighted by Gasteiger charge is -2.28. The zero-order valence-corrected chi connectivity index (χ0v) is 24.5. The van der Waals surface area contributed by atoms with Gasteiger partial charge < -0.3 is 24.8 Å². The molecule has 224 valence electrons. The highest BCUT2D eigenvalue weighted by molar-refractivity contribution is 5.88. The monoisotopic (exact) mass is 582 g/mol. The number of benzene rings is 4. The molecule has 0 heterocycles. The van der Waals surface area contributed by atoms with Gasteiger partial charge in [0, 0.05) is 13.0 Å². The molecule has 0 spiro atoms. The molecule has 0 fully saturated rings. The first-order valence-corrected chi connectivity index (χ1v) is 14.4. The van der Waals surface area contributed by atoms with Crippen molar-refractivity contribution in [3.8, 4) is 0 Å². The Kier molecular flexibility index (Phi) is 11.3. The van der Waals surface area contributed by atoms with E-state index in [9.17, 15) is 19.5 Å². The lowest BCUT2D eigenvalue weighted by molar-refractivity contribution is -0.155. The Balaban J connectivity index is 1.49. The number of hydrogen-bond acceptors (Lipinski definition) is 6. The van der Waals surface area contributed by atoms with E-state index in [1.165, 1.54) is 4.90 Å². The number of amides is 2. The number of esters is 2. The second-order valence-electron chi connectivity index (χ2n) is 10.8. The van der Waals surface area contributed by atoms with Crippen LogP contribution in [0.5, 0.6) is 0 Å². The minimum absolute atomic E-state index is 0.00741. The van der Waals surface area contributed by atoms with Crippen LogP contribution in [-0.4, -0.2) is 53.2 Å². The number of nitrogens with one attached hydrogen (secondary N) is 1. The van der Waals surface area contributed by atoms with Crippen LogP contribution in [0.4, 0.5) is 4.79 Å². The molecule has 0 saturated carbocycles. The van der Waals surface area contributed by atoms with Crippen LogP contribution in [0.1, 0.15) is 30.5 Å². The van der Waals surface area contributed by atoms with E-state index in [4.69, 9.17) is 9.47 Å². The van der Waals surface area contributed by atoms with Crippen molar-refractivity contribution in [3.63, 3.8) is 0 Å². The second kappa shape index (κ2) is 15.5. The molecule has 2 atom stereocenters. The summed E-state index contributed by atoms with van der Waals surface area (Å²) in [6, 6.07) is 30.5. The van der Waals surface area contributed by atoms with Crippen molar-refractivity contribution in [1.82, 2.24) is 10.2 Å². The average molecular weight is 583 g/mol. The van der Waals surface area contributed by atoms with Crippen molar-refractivity contribution < 1.29 is 29.0 Å². The molecular weight excluding hydrogens is 544 g/mol. The van der Waals surface area contributed by atoms with Crippen molar-refractivity contribution in [3.05, 3.63) is 120 Å². The number of carbonyl (C=O) groups is 3. The van der Waals surface area contributed by atoms with Gasteiger partial charge in [0.2, 0.25) is 0 Å². The predicted molar refractivity (Wildman–Crippen MR) is 165 cm³/mol. The predicted octanol–water partition coefficient (Wildman–Crippen LogP) is 5.27. The molecule has 2 amide bonds. The molecule has 0 aliphatic heterocycles. The molecule has 0 bridgehead atoms. The minimum Gasteiger partial charge on any atom is -0.459 e. The van der Waals surface area contributed by atoms with Gasteiger partial charge in [0.05, 0.1) is 6.54 Å². The number of rotatable bonds is 13. The summed E-state index contributed by atoms with van der Waals surface area (Å²) in [6.45, 7) is 3.85. The van der Waals surface area contributed by atoms with E-state index in [0.29, 0.717) is 0 Å². The van der Waals surface area contributed by atoms with Crippen LogP contribution in [-0.2, 0) is 38.7 Å². The molecule has 0 aromatic heterocycles. The summed E-state index contributed by atoms with van der Waals surface area (Å²) in [5, 5.41) is 15.5. The standard InChI is InChI=1S/C35H38N2O6/c1-25(2)21-37(22-32(38)34(40)43-24-27-14-7-4-8-15-27)35(41)36-31(33(39)42-23-26-12-5-3-6-13-26)20-29-18-11-17-28-16-9-10-19-30(28)29/h3-19,25,31-32,38H,20-24H2,1-2H3,(H,36,41)/t31-,32?/m0/s1. The van der Waals surface area contributed by atoms with Gasteiger partial charge >= 0.3 is 18.0 Å². The highest BCUT2D eigenvalue weighted by Crippen LogP contribution is 2.20. The normalized spacial score (nSPS) is 12.4. The van der Waals surface area contributed by atoms with Gasteiger partial charge in [-0.05, 0) is 33.4 Å². The molecule has 0 radical (unpaired) electrons. The van der Waals surface area contributed by atoms with Crippen LogP contribution in [0.25, 0.3) is 10.8 Å². The molecule has 43 heavy (non-hydrogen) atoms. The van der Waals surface area contributed by atoms with Gasteiger partial charge in [-0.3, -0.25) is 0 Å². The molecule has 8 nitrogen and oxygen atoms in total. The molecule has 4 aromatic rings. The van der Waals surface area contributed by atoms with E-state index in [0.717, 1.165) is 27.5 Å². The topological polar surface area (TPSA) is 105 Å². The summed E-state index contributed by atoms with van der Waals surface area (Å²) >= 11 is 0. The number of carbonyl (C=O) groups excluding carboxylic acids is 3. The van der Waals surface area contributed by atoms with Crippen molar-refractivity contribution in [2.75, 3.05) is 13.1 Å². The fourth-order valence-electron chi connectivity index (χ4n) is 4.74. The fourth-order valence-corrected chi connectivity index (χ4v) is 4.74. The quantitative estimate of drug-likeness (QED) is 0.208. The third kappa shape index (κ3) is 9.41. The summed E-state index contributed by atoms with van der Waals surface area (Å²) in [6.07, 6.45) is -1.37. The van der Waals surface area contributed by atoms with Gasteiger partial charge in [0.15, 0.2) is 6.10 Å². The zero-order chi connectivity index (χ0) is 30.6. The molecule has 0 aliphatic carbocycles. The highest BCUT2D eigenvalue weighted by atomic mass is 16.5. The van der Waals surface area contributed by atoms with E-state index >= 15 is 0 Å². The lowest BCUT2D eigenvalue weighted by atomic mass is 9.99. The van der Waals surface area contributed by atoms with E-state index < -0.39 is 30.1 Å². The number of nitrogens with zero attached hydrogens (tertiary/aromatic N) is 1. The third-order valence-corrected chi connectivity index (χ3v) is 6.87. The summed E-state index contributed by atoms with van der Waals surface area (Å²) in [5.41, 5.74) is 2.48. The number of hydrogen-bond donors (Lipinski definition) is 2. The number of ether oxygens (including phenoxy) is 2. The first kappa shape index (κ1) is 31.3. The Morgan fingerprint density at radius 1 is 0.721 bits per heavy atom. The van der Waals surface area contributed by atoms with E-state index in [1.54, 1.807) is 0 Å².